The maximum atomic E-state index is 10.7. The van der Waals surface area contributed by atoms with Gasteiger partial charge in [-0.2, -0.15) is 0 Å². The molecule has 90 valence electrons. The van der Waals surface area contributed by atoms with Crippen LogP contribution < -0.4 is 4.74 Å². The zero-order chi connectivity index (χ0) is 13.0. The number of rotatable bonds is 5. The van der Waals surface area contributed by atoms with Gasteiger partial charge >= 0.3 is 5.97 Å². The van der Waals surface area contributed by atoms with Crippen molar-refractivity contribution in [2.75, 3.05) is 7.11 Å². The smallest absolute Gasteiger partial charge is 0.307 e. The Morgan fingerprint density at radius 2 is 2.24 bits per heavy atom. The molecular formula is C10H9NO6. The van der Waals surface area contributed by atoms with Crippen molar-refractivity contribution in [3.05, 3.63) is 33.4 Å². The summed E-state index contributed by atoms with van der Waals surface area (Å²) in [5, 5.41) is 19.3. The number of nitro groups is 1. The molecule has 0 aromatic heterocycles. The van der Waals surface area contributed by atoms with Crippen LogP contribution in [0.1, 0.15) is 15.9 Å². The molecule has 0 saturated carbocycles. The van der Waals surface area contributed by atoms with Crippen molar-refractivity contribution in [2.45, 2.75) is 6.42 Å². The second kappa shape index (κ2) is 5.06. The Morgan fingerprint density at radius 1 is 1.59 bits per heavy atom. The van der Waals surface area contributed by atoms with E-state index in [1.54, 1.807) is 0 Å². The van der Waals surface area contributed by atoms with Crippen LogP contribution in [0.2, 0.25) is 0 Å². The van der Waals surface area contributed by atoms with Gasteiger partial charge in [0, 0.05) is 17.7 Å². The van der Waals surface area contributed by atoms with E-state index < -0.39 is 17.3 Å². The number of non-ortho nitro benzene ring substituents is 1. The van der Waals surface area contributed by atoms with E-state index in [4.69, 9.17) is 9.84 Å². The number of aldehydes is 1. The van der Waals surface area contributed by atoms with E-state index in [-0.39, 0.29) is 22.6 Å². The molecule has 0 fully saturated rings. The van der Waals surface area contributed by atoms with Gasteiger partial charge in [-0.1, -0.05) is 0 Å². The van der Waals surface area contributed by atoms with E-state index in [1.807, 2.05) is 0 Å². The molecule has 7 heteroatoms. The van der Waals surface area contributed by atoms with Gasteiger partial charge in [0.15, 0.2) is 6.29 Å². The summed E-state index contributed by atoms with van der Waals surface area (Å²) in [6.45, 7) is 0. The van der Waals surface area contributed by atoms with Crippen molar-refractivity contribution in [1.29, 1.82) is 0 Å². The first-order valence-electron chi connectivity index (χ1n) is 4.52. The molecule has 0 unspecified atom stereocenters. The summed E-state index contributed by atoms with van der Waals surface area (Å²) in [7, 11) is 1.26. The monoisotopic (exact) mass is 239 g/mol. The zero-order valence-electron chi connectivity index (χ0n) is 8.87. The highest BCUT2D eigenvalue weighted by atomic mass is 16.6. The van der Waals surface area contributed by atoms with Gasteiger partial charge in [0.1, 0.15) is 5.75 Å². The predicted octanol–water partition coefficient (Wildman–Crippen LogP) is 1.04. The number of nitro benzene ring substituents is 1. The van der Waals surface area contributed by atoms with Gasteiger partial charge in [0.2, 0.25) is 0 Å². The fraction of sp³-hybridized carbons (Fsp3) is 0.200. The van der Waals surface area contributed by atoms with E-state index in [9.17, 15) is 19.7 Å². The molecule has 0 aliphatic rings. The Bertz CT molecular complexity index is 482. The summed E-state index contributed by atoms with van der Waals surface area (Å²) >= 11 is 0. The molecule has 0 bridgehead atoms. The van der Waals surface area contributed by atoms with Crippen molar-refractivity contribution in [2.24, 2.45) is 0 Å². The number of aliphatic carboxylic acids is 1. The van der Waals surface area contributed by atoms with Crippen LogP contribution in [-0.2, 0) is 11.2 Å². The Labute approximate surface area is 95.8 Å². The Hall–Kier alpha value is -2.44. The molecule has 0 heterocycles. The summed E-state index contributed by atoms with van der Waals surface area (Å²) in [6.07, 6.45) is -0.0666. The largest absolute Gasteiger partial charge is 0.496 e. The van der Waals surface area contributed by atoms with Crippen molar-refractivity contribution >= 4 is 17.9 Å². The molecule has 1 aromatic rings. The maximum Gasteiger partial charge on any atom is 0.307 e. The molecule has 0 aliphatic carbocycles. The summed E-state index contributed by atoms with van der Waals surface area (Å²) < 4.78 is 4.89. The molecule has 17 heavy (non-hydrogen) atoms. The summed E-state index contributed by atoms with van der Waals surface area (Å²) in [5.74, 6) is -1.12. The first-order valence-corrected chi connectivity index (χ1v) is 4.52. The standard InChI is InChI=1S/C10H9NO6/c1-17-10-6(4-9(13)14)2-8(11(15)16)3-7(10)5-12/h2-3,5H,4H2,1H3,(H,13,14). The highest BCUT2D eigenvalue weighted by Gasteiger charge is 2.18. The van der Waals surface area contributed by atoms with Gasteiger partial charge in [-0.25, -0.2) is 0 Å². The molecule has 0 saturated heterocycles. The minimum Gasteiger partial charge on any atom is -0.496 e. The number of hydrogen-bond donors (Lipinski definition) is 1. The summed E-state index contributed by atoms with van der Waals surface area (Å²) in [5.41, 5.74) is -0.293. The molecule has 0 aliphatic heterocycles. The number of carboxylic acid groups (broad SMARTS) is 1. The zero-order valence-corrected chi connectivity index (χ0v) is 8.87. The van der Waals surface area contributed by atoms with Crippen molar-refractivity contribution < 1.29 is 24.4 Å². The van der Waals surface area contributed by atoms with Crippen LogP contribution in [0.25, 0.3) is 0 Å². The highest BCUT2D eigenvalue weighted by Crippen LogP contribution is 2.28. The third-order valence-electron chi connectivity index (χ3n) is 2.06. The van der Waals surface area contributed by atoms with Crippen LogP contribution in [0, 0.1) is 10.1 Å². The van der Waals surface area contributed by atoms with Crippen LogP contribution in [0.15, 0.2) is 12.1 Å². The van der Waals surface area contributed by atoms with E-state index >= 15 is 0 Å². The molecule has 0 spiro atoms. The Morgan fingerprint density at radius 3 is 2.65 bits per heavy atom. The van der Waals surface area contributed by atoms with Crippen LogP contribution in [0.4, 0.5) is 5.69 Å². The molecule has 7 nitrogen and oxygen atoms in total. The number of benzene rings is 1. The second-order valence-corrected chi connectivity index (χ2v) is 3.17. The SMILES string of the molecule is COc1c(C=O)cc([N+](=O)[O-])cc1CC(=O)O. The number of hydrogen-bond acceptors (Lipinski definition) is 5. The molecular weight excluding hydrogens is 230 g/mol. The predicted molar refractivity (Wildman–Crippen MR) is 56.4 cm³/mol. The minimum absolute atomic E-state index is 0.0436. The van der Waals surface area contributed by atoms with Crippen molar-refractivity contribution in [3.63, 3.8) is 0 Å². The fourth-order valence-corrected chi connectivity index (χ4v) is 1.43. The van der Waals surface area contributed by atoms with Crippen molar-refractivity contribution in [1.82, 2.24) is 0 Å². The number of carboxylic acids is 1. The molecule has 0 radical (unpaired) electrons. The highest BCUT2D eigenvalue weighted by molar-refractivity contribution is 5.83. The van der Waals surface area contributed by atoms with E-state index in [2.05, 4.69) is 0 Å². The lowest BCUT2D eigenvalue weighted by Gasteiger charge is -2.08. The lowest BCUT2D eigenvalue weighted by molar-refractivity contribution is -0.384. The van der Waals surface area contributed by atoms with E-state index in [1.165, 1.54) is 7.11 Å². The number of methoxy groups -OCH3 is 1. The summed E-state index contributed by atoms with van der Waals surface area (Å²) in [6, 6.07) is 2.12. The van der Waals surface area contributed by atoms with Gasteiger partial charge in [-0.05, 0) is 0 Å². The molecule has 1 aromatic carbocycles. The topological polar surface area (TPSA) is 107 Å². The molecule has 0 amide bonds. The van der Waals surface area contributed by atoms with E-state index in [0.717, 1.165) is 12.1 Å². The lowest BCUT2D eigenvalue weighted by atomic mass is 10.1. The number of carbonyl (C=O) groups is 2. The van der Waals surface area contributed by atoms with Gasteiger partial charge < -0.3 is 9.84 Å². The van der Waals surface area contributed by atoms with Crippen molar-refractivity contribution in [3.8, 4) is 5.75 Å². The first kappa shape index (κ1) is 12.6. The van der Waals surface area contributed by atoms with Crippen LogP contribution in [0.3, 0.4) is 0 Å². The summed E-state index contributed by atoms with van der Waals surface area (Å²) in [4.78, 5) is 31.3. The Balaban J connectivity index is 3.41. The van der Waals surface area contributed by atoms with Crippen LogP contribution >= 0.6 is 0 Å². The third kappa shape index (κ3) is 2.77. The number of nitrogens with zero attached hydrogens (tertiary/aromatic N) is 1. The number of carbonyl (C=O) groups excluding carboxylic acids is 1. The van der Waals surface area contributed by atoms with Gasteiger partial charge in [0.05, 0.1) is 24.0 Å². The fourth-order valence-electron chi connectivity index (χ4n) is 1.43. The molecule has 1 N–H and O–H groups in total. The van der Waals surface area contributed by atoms with E-state index in [0.29, 0.717) is 6.29 Å². The second-order valence-electron chi connectivity index (χ2n) is 3.17. The quantitative estimate of drug-likeness (QED) is 0.467. The third-order valence-corrected chi connectivity index (χ3v) is 2.06. The van der Waals surface area contributed by atoms with Gasteiger partial charge in [0.25, 0.3) is 5.69 Å². The van der Waals surface area contributed by atoms with Gasteiger partial charge in [-0.3, -0.25) is 19.7 Å². The van der Waals surface area contributed by atoms with Crippen LogP contribution in [0.5, 0.6) is 5.75 Å². The number of ether oxygens (including phenoxy) is 1. The Kier molecular flexibility index (Phi) is 3.76. The maximum absolute atomic E-state index is 10.7. The minimum atomic E-state index is -1.17. The molecule has 1 rings (SSSR count). The lowest BCUT2D eigenvalue weighted by Crippen LogP contribution is -2.05. The van der Waals surface area contributed by atoms with Gasteiger partial charge in [-0.15, -0.1) is 0 Å². The molecule has 0 atom stereocenters. The normalized spacial score (nSPS) is 9.71. The average Bonchev–Trinajstić information content (AvgIpc) is 2.26. The van der Waals surface area contributed by atoms with Crippen LogP contribution in [-0.4, -0.2) is 29.4 Å². The first-order chi connectivity index (χ1) is 7.99. The average molecular weight is 239 g/mol.